The number of hydrogen-bond acceptors (Lipinski definition) is 3. The Balaban J connectivity index is 1.81. The summed E-state index contributed by atoms with van der Waals surface area (Å²) in [6.07, 6.45) is 0.797. The molecular formula is C19H22FN3O2. The van der Waals surface area contributed by atoms with Crippen molar-refractivity contribution in [2.75, 3.05) is 13.1 Å². The first kappa shape index (κ1) is 17.3. The van der Waals surface area contributed by atoms with E-state index < -0.39 is 0 Å². The van der Waals surface area contributed by atoms with Crippen molar-refractivity contribution >= 4 is 5.91 Å². The highest BCUT2D eigenvalue weighted by Crippen LogP contribution is 2.28. The van der Waals surface area contributed by atoms with Crippen molar-refractivity contribution in [1.82, 2.24) is 14.9 Å². The first-order valence-corrected chi connectivity index (χ1v) is 8.52. The summed E-state index contributed by atoms with van der Waals surface area (Å²) >= 11 is 0. The number of nitrogens with zero attached hydrogens (tertiary/aromatic N) is 2. The molecule has 0 aliphatic carbocycles. The van der Waals surface area contributed by atoms with Gasteiger partial charge in [-0.1, -0.05) is 26.0 Å². The van der Waals surface area contributed by atoms with Crippen molar-refractivity contribution in [2.24, 2.45) is 0 Å². The van der Waals surface area contributed by atoms with Crippen LogP contribution in [-0.2, 0) is 0 Å². The Bertz CT molecular complexity index is 843. The van der Waals surface area contributed by atoms with E-state index in [1.54, 1.807) is 24.0 Å². The molecule has 2 aromatic rings. The summed E-state index contributed by atoms with van der Waals surface area (Å²) in [4.78, 5) is 33.9. The lowest BCUT2D eigenvalue weighted by atomic mass is 9.98. The zero-order valence-corrected chi connectivity index (χ0v) is 14.7. The largest absolute Gasteiger partial charge is 0.338 e. The molecule has 3 rings (SSSR count). The van der Waals surface area contributed by atoms with Crippen LogP contribution in [0.2, 0.25) is 0 Å². The minimum Gasteiger partial charge on any atom is -0.338 e. The molecule has 0 saturated carbocycles. The molecule has 0 spiro atoms. The molecule has 1 aromatic heterocycles. The number of halogens is 1. The molecule has 25 heavy (non-hydrogen) atoms. The van der Waals surface area contributed by atoms with E-state index in [0.29, 0.717) is 24.6 Å². The van der Waals surface area contributed by atoms with E-state index in [4.69, 9.17) is 0 Å². The van der Waals surface area contributed by atoms with Crippen molar-refractivity contribution in [3.63, 3.8) is 0 Å². The molecule has 1 saturated heterocycles. The van der Waals surface area contributed by atoms with Crippen LogP contribution in [0, 0.1) is 12.7 Å². The summed E-state index contributed by atoms with van der Waals surface area (Å²) in [6.45, 7) is 6.67. The van der Waals surface area contributed by atoms with Gasteiger partial charge in [-0.25, -0.2) is 9.37 Å². The average molecular weight is 343 g/mol. The van der Waals surface area contributed by atoms with Crippen LogP contribution in [0.1, 0.15) is 59.5 Å². The van der Waals surface area contributed by atoms with Gasteiger partial charge in [0, 0.05) is 24.9 Å². The van der Waals surface area contributed by atoms with E-state index >= 15 is 0 Å². The number of aryl methyl sites for hydroxylation is 1. The summed E-state index contributed by atoms with van der Waals surface area (Å²) in [5, 5.41) is 0. The van der Waals surface area contributed by atoms with Gasteiger partial charge in [0.1, 0.15) is 17.2 Å². The molecule has 0 radical (unpaired) electrons. The number of hydrogen-bond donors (Lipinski definition) is 1. The van der Waals surface area contributed by atoms with Gasteiger partial charge in [0.05, 0.1) is 5.69 Å². The van der Waals surface area contributed by atoms with Gasteiger partial charge in [0.15, 0.2) is 0 Å². The Morgan fingerprint density at radius 3 is 2.60 bits per heavy atom. The molecule has 132 valence electrons. The third kappa shape index (κ3) is 3.48. The molecule has 6 heteroatoms. The van der Waals surface area contributed by atoms with Gasteiger partial charge >= 0.3 is 0 Å². The number of nitrogens with one attached hydrogen (secondary N) is 1. The van der Waals surface area contributed by atoms with Gasteiger partial charge in [-0.2, -0.15) is 0 Å². The highest BCUT2D eigenvalue weighted by atomic mass is 19.1. The molecule has 1 atom stereocenters. The molecule has 0 unspecified atom stereocenters. The SMILES string of the molecule is Cc1nc(C(C)C)[nH]c(=O)c1C(=O)N1CC[C@@H](c2ccc(F)cc2)C1. The summed E-state index contributed by atoms with van der Waals surface area (Å²) in [5.74, 6) is 0.279. The van der Waals surface area contributed by atoms with E-state index in [1.807, 2.05) is 13.8 Å². The van der Waals surface area contributed by atoms with E-state index in [1.165, 1.54) is 12.1 Å². The van der Waals surface area contributed by atoms with E-state index in [-0.39, 0.29) is 34.7 Å². The standard InChI is InChI=1S/C19H22FN3O2/c1-11(2)17-21-12(3)16(18(24)22-17)19(25)23-9-8-14(10-23)13-4-6-15(20)7-5-13/h4-7,11,14H,8-10H2,1-3H3,(H,21,22,24)/t14-/m1/s1. The highest BCUT2D eigenvalue weighted by molar-refractivity contribution is 5.95. The smallest absolute Gasteiger partial charge is 0.264 e. The molecule has 1 fully saturated rings. The van der Waals surface area contributed by atoms with Gasteiger partial charge in [-0.05, 0) is 31.0 Å². The van der Waals surface area contributed by atoms with Crippen LogP contribution < -0.4 is 5.56 Å². The second kappa shape index (κ2) is 6.78. The monoisotopic (exact) mass is 343 g/mol. The van der Waals surface area contributed by atoms with E-state index in [9.17, 15) is 14.0 Å². The number of aromatic amines is 1. The van der Waals surface area contributed by atoms with Gasteiger partial charge < -0.3 is 9.88 Å². The number of amides is 1. The Hall–Kier alpha value is -2.50. The number of likely N-dealkylation sites (tertiary alicyclic amines) is 1. The van der Waals surface area contributed by atoms with Crippen molar-refractivity contribution in [2.45, 2.75) is 39.0 Å². The lowest BCUT2D eigenvalue weighted by molar-refractivity contribution is 0.0787. The molecule has 0 bridgehead atoms. The Morgan fingerprint density at radius 2 is 2.00 bits per heavy atom. The minimum atomic E-state index is -0.383. The first-order chi connectivity index (χ1) is 11.9. The summed E-state index contributed by atoms with van der Waals surface area (Å²) in [5.41, 5.74) is 1.20. The lowest BCUT2D eigenvalue weighted by Crippen LogP contribution is -2.35. The highest BCUT2D eigenvalue weighted by Gasteiger charge is 2.30. The van der Waals surface area contributed by atoms with Crippen LogP contribution in [0.4, 0.5) is 4.39 Å². The molecule has 5 nitrogen and oxygen atoms in total. The molecule has 1 aliphatic rings. The normalized spacial score (nSPS) is 17.3. The molecule has 1 aromatic carbocycles. The topological polar surface area (TPSA) is 66.1 Å². The van der Waals surface area contributed by atoms with E-state index in [0.717, 1.165) is 12.0 Å². The summed E-state index contributed by atoms with van der Waals surface area (Å²) in [6, 6.07) is 6.38. The lowest BCUT2D eigenvalue weighted by Gasteiger charge is -2.18. The number of aromatic nitrogens is 2. The van der Waals surface area contributed by atoms with Crippen molar-refractivity contribution < 1.29 is 9.18 Å². The number of carbonyl (C=O) groups excluding carboxylic acids is 1. The van der Waals surface area contributed by atoms with Gasteiger partial charge in [0.25, 0.3) is 11.5 Å². The molecule has 2 heterocycles. The third-order valence-corrected chi connectivity index (χ3v) is 4.70. The number of rotatable bonds is 3. The number of carbonyl (C=O) groups is 1. The zero-order chi connectivity index (χ0) is 18.1. The van der Waals surface area contributed by atoms with Crippen LogP contribution in [0.3, 0.4) is 0 Å². The third-order valence-electron chi connectivity index (χ3n) is 4.70. The van der Waals surface area contributed by atoms with Crippen molar-refractivity contribution in [3.05, 3.63) is 63.1 Å². The summed E-state index contributed by atoms with van der Waals surface area (Å²) in [7, 11) is 0. The second-order valence-electron chi connectivity index (χ2n) is 6.85. The van der Waals surface area contributed by atoms with Crippen LogP contribution in [0.5, 0.6) is 0 Å². The zero-order valence-electron chi connectivity index (χ0n) is 14.7. The molecule has 1 amide bonds. The van der Waals surface area contributed by atoms with Crippen LogP contribution in [-0.4, -0.2) is 33.9 Å². The van der Waals surface area contributed by atoms with Gasteiger partial charge in [-0.15, -0.1) is 0 Å². The molecule has 1 N–H and O–H groups in total. The number of benzene rings is 1. The fourth-order valence-electron chi connectivity index (χ4n) is 3.24. The number of H-pyrrole nitrogens is 1. The van der Waals surface area contributed by atoms with Crippen LogP contribution in [0.15, 0.2) is 29.1 Å². The van der Waals surface area contributed by atoms with Crippen molar-refractivity contribution in [3.8, 4) is 0 Å². The second-order valence-corrected chi connectivity index (χ2v) is 6.85. The van der Waals surface area contributed by atoms with Gasteiger partial charge in [-0.3, -0.25) is 9.59 Å². The maximum atomic E-state index is 13.1. The fourth-order valence-corrected chi connectivity index (χ4v) is 3.24. The Morgan fingerprint density at radius 1 is 1.32 bits per heavy atom. The first-order valence-electron chi connectivity index (χ1n) is 8.52. The van der Waals surface area contributed by atoms with E-state index in [2.05, 4.69) is 9.97 Å². The summed E-state index contributed by atoms with van der Waals surface area (Å²) < 4.78 is 13.1. The average Bonchev–Trinajstić information content (AvgIpc) is 3.04. The predicted octanol–water partition coefficient (Wildman–Crippen LogP) is 2.97. The quantitative estimate of drug-likeness (QED) is 0.932. The van der Waals surface area contributed by atoms with Crippen LogP contribution >= 0.6 is 0 Å². The predicted molar refractivity (Wildman–Crippen MR) is 93.3 cm³/mol. The Kier molecular flexibility index (Phi) is 4.70. The van der Waals surface area contributed by atoms with Crippen LogP contribution in [0.25, 0.3) is 0 Å². The van der Waals surface area contributed by atoms with Gasteiger partial charge in [0.2, 0.25) is 0 Å². The maximum Gasteiger partial charge on any atom is 0.264 e. The van der Waals surface area contributed by atoms with Crippen molar-refractivity contribution in [1.29, 1.82) is 0 Å². The molecule has 1 aliphatic heterocycles. The maximum absolute atomic E-state index is 13.1. The minimum absolute atomic E-state index is 0.0881. The fraction of sp³-hybridized carbons (Fsp3) is 0.421. The Labute approximate surface area is 145 Å². The molecular weight excluding hydrogens is 321 g/mol.